The second-order valence-corrected chi connectivity index (χ2v) is 5.85. The van der Waals surface area contributed by atoms with E-state index in [0.717, 1.165) is 12.8 Å². The number of carbonyl (C=O) groups excluding carboxylic acids is 1. The van der Waals surface area contributed by atoms with Gasteiger partial charge in [-0.1, -0.05) is 54.6 Å². The number of cyclic esters (lactones) is 1. The Labute approximate surface area is 118 Å². The van der Waals surface area contributed by atoms with E-state index in [9.17, 15) is 4.79 Å². The summed E-state index contributed by atoms with van der Waals surface area (Å²) in [5.74, 6) is 0.224. The summed E-state index contributed by atoms with van der Waals surface area (Å²) in [6.07, 6.45) is 5.86. The van der Waals surface area contributed by atoms with Gasteiger partial charge in [-0.25, -0.2) is 0 Å². The number of benzene rings is 2. The van der Waals surface area contributed by atoms with Crippen LogP contribution in [0.15, 0.2) is 54.6 Å². The molecule has 1 fully saturated rings. The average molecular weight is 264 g/mol. The lowest BCUT2D eigenvalue weighted by molar-refractivity contribution is -0.146. The van der Waals surface area contributed by atoms with Gasteiger partial charge >= 0.3 is 5.97 Å². The first kappa shape index (κ1) is 11.7. The van der Waals surface area contributed by atoms with Crippen molar-refractivity contribution in [1.29, 1.82) is 0 Å². The quantitative estimate of drug-likeness (QED) is 0.613. The lowest BCUT2D eigenvalue weighted by Crippen LogP contribution is -2.31. The summed E-state index contributed by atoms with van der Waals surface area (Å²) in [6.45, 7) is 0.545. The first-order valence-electron chi connectivity index (χ1n) is 7.09. The number of carbonyl (C=O) groups is 1. The molecule has 100 valence electrons. The number of ether oxygens (including phenoxy) is 1. The number of hydrogen-bond donors (Lipinski definition) is 0. The van der Waals surface area contributed by atoms with Crippen LogP contribution in [0.25, 0.3) is 10.8 Å². The lowest BCUT2D eigenvalue weighted by atomic mass is 9.74. The maximum Gasteiger partial charge on any atom is 0.313 e. The third-order valence-corrected chi connectivity index (χ3v) is 4.69. The highest BCUT2D eigenvalue weighted by molar-refractivity contribution is 5.84. The fourth-order valence-electron chi connectivity index (χ4n) is 3.53. The van der Waals surface area contributed by atoms with Gasteiger partial charge in [0.05, 0.1) is 12.0 Å². The van der Waals surface area contributed by atoms with Gasteiger partial charge in [0.1, 0.15) is 0 Å². The minimum Gasteiger partial charge on any atom is -0.465 e. The van der Waals surface area contributed by atoms with E-state index in [0.29, 0.717) is 6.61 Å². The van der Waals surface area contributed by atoms with E-state index in [1.807, 2.05) is 12.1 Å². The first-order valence-corrected chi connectivity index (χ1v) is 7.09. The summed E-state index contributed by atoms with van der Waals surface area (Å²) >= 11 is 0. The van der Waals surface area contributed by atoms with Crippen molar-refractivity contribution >= 4 is 16.7 Å². The highest BCUT2D eigenvalue weighted by Gasteiger charge is 2.52. The molecule has 2 aromatic rings. The van der Waals surface area contributed by atoms with Crippen LogP contribution in [0.5, 0.6) is 0 Å². The Hall–Kier alpha value is -2.09. The molecule has 1 heterocycles. The second-order valence-electron chi connectivity index (χ2n) is 5.85. The molecule has 1 aliphatic carbocycles. The standard InChI is InChI=1S/C18H16O2/c19-17-18(9-3-6-16(18)12-20-17)11-13-7-8-14-4-1-2-5-15(14)10-13/h1-8,10,16H,9,11-12H2. The van der Waals surface area contributed by atoms with Gasteiger partial charge in [0.2, 0.25) is 0 Å². The van der Waals surface area contributed by atoms with E-state index in [1.54, 1.807) is 0 Å². The molecule has 0 saturated carbocycles. The second kappa shape index (κ2) is 4.20. The molecule has 0 spiro atoms. The molecule has 2 aliphatic rings. The molecule has 2 heteroatoms. The van der Waals surface area contributed by atoms with Gasteiger partial charge in [-0.15, -0.1) is 0 Å². The molecule has 1 saturated heterocycles. The number of esters is 1. The predicted octanol–water partition coefficient (Wildman–Crippen LogP) is 3.50. The van der Waals surface area contributed by atoms with Gasteiger partial charge < -0.3 is 4.74 Å². The Kier molecular flexibility index (Phi) is 2.46. The molecule has 2 aromatic carbocycles. The molecular formula is C18H16O2. The molecule has 0 aromatic heterocycles. The highest BCUT2D eigenvalue weighted by atomic mass is 16.5. The number of rotatable bonds is 2. The minimum atomic E-state index is -0.345. The van der Waals surface area contributed by atoms with Crippen molar-refractivity contribution < 1.29 is 9.53 Å². The zero-order valence-electron chi connectivity index (χ0n) is 11.2. The smallest absolute Gasteiger partial charge is 0.313 e. The summed E-state index contributed by atoms with van der Waals surface area (Å²) in [5, 5.41) is 2.47. The Morgan fingerprint density at radius 1 is 1.15 bits per heavy atom. The van der Waals surface area contributed by atoms with Gasteiger partial charge in [-0.3, -0.25) is 4.79 Å². The maximum atomic E-state index is 12.2. The maximum absolute atomic E-state index is 12.2. The van der Waals surface area contributed by atoms with Crippen molar-refractivity contribution in [2.75, 3.05) is 6.61 Å². The van der Waals surface area contributed by atoms with Gasteiger partial charge in [-0.2, -0.15) is 0 Å². The van der Waals surface area contributed by atoms with Crippen LogP contribution < -0.4 is 0 Å². The molecule has 0 radical (unpaired) electrons. The monoisotopic (exact) mass is 264 g/mol. The molecular weight excluding hydrogens is 248 g/mol. The van der Waals surface area contributed by atoms with Gasteiger partial charge in [0, 0.05) is 5.92 Å². The molecule has 0 bridgehead atoms. The van der Waals surface area contributed by atoms with E-state index in [1.165, 1.54) is 16.3 Å². The minimum absolute atomic E-state index is 0.0272. The molecule has 2 unspecified atom stereocenters. The lowest BCUT2D eigenvalue weighted by Gasteiger charge is -2.24. The van der Waals surface area contributed by atoms with Crippen molar-refractivity contribution in [3.8, 4) is 0 Å². The molecule has 20 heavy (non-hydrogen) atoms. The molecule has 0 N–H and O–H groups in total. The zero-order chi connectivity index (χ0) is 13.6. The van der Waals surface area contributed by atoms with Crippen LogP contribution in [-0.4, -0.2) is 12.6 Å². The van der Waals surface area contributed by atoms with E-state index >= 15 is 0 Å². The average Bonchev–Trinajstić information content (AvgIpc) is 3.00. The van der Waals surface area contributed by atoms with Crippen molar-refractivity contribution in [2.45, 2.75) is 12.8 Å². The third-order valence-electron chi connectivity index (χ3n) is 4.69. The molecule has 0 amide bonds. The number of fused-ring (bicyclic) bond motifs is 2. The summed E-state index contributed by atoms with van der Waals surface area (Å²) in [7, 11) is 0. The van der Waals surface area contributed by atoms with Gasteiger partial charge in [-0.05, 0) is 29.2 Å². The Balaban J connectivity index is 1.72. The topological polar surface area (TPSA) is 26.3 Å². The zero-order valence-corrected chi connectivity index (χ0v) is 11.2. The van der Waals surface area contributed by atoms with Crippen LogP contribution in [0.2, 0.25) is 0 Å². The predicted molar refractivity (Wildman–Crippen MR) is 78.3 cm³/mol. The summed E-state index contributed by atoms with van der Waals surface area (Å²) in [5.41, 5.74) is 0.874. The molecule has 2 nitrogen and oxygen atoms in total. The van der Waals surface area contributed by atoms with Crippen LogP contribution in [0.1, 0.15) is 12.0 Å². The van der Waals surface area contributed by atoms with Crippen molar-refractivity contribution in [1.82, 2.24) is 0 Å². The van der Waals surface area contributed by atoms with Crippen LogP contribution in [0.3, 0.4) is 0 Å². The Bertz CT molecular complexity index is 716. The third kappa shape index (κ3) is 1.61. The van der Waals surface area contributed by atoms with Crippen molar-refractivity contribution in [2.24, 2.45) is 11.3 Å². The van der Waals surface area contributed by atoms with E-state index in [2.05, 4.69) is 42.5 Å². The molecule has 2 atom stereocenters. The van der Waals surface area contributed by atoms with E-state index < -0.39 is 0 Å². The van der Waals surface area contributed by atoms with Gasteiger partial charge in [0.25, 0.3) is 0 Å². The number of hydrogen-bond acceptors (Lipinski definition) is 2. The first-order chi connectivity index (χ1) is 9.78. The van der Waals surface area contributed by atoms with Crippen LogP contribution >= 0.6 is 0 Å². The summed E-state index contributed by atoms with van der Waals surface area (Å²) in [6, 6.07) is 14.8. The van der Waals surface area contributed by atoms with Gasteiger partial charge in [0.15, 0.2) is 0 Å². The Morgan fingerprint density at radius 2 is 2.00 bits per heavy atom. The summed E-state index contributed by atoms with van der Waals surface area (Å²) in [4.78, 5) is 12.2. The van der Waals surface area contributed by atoms with E-state index in [-0.39, 0.29) is 17.3 Å². The van der Waals surface area contributed by atoms with Crippen LogP contribution in [0, 0.1) is 11.3 Å². The van der Waals surface area contributed by atoms with E-state index in [4.69, 9.17) is 4.74 Å². The fourth-order valence-corrected chi connectivity index (χ4v) is 3.53. The normalized spacial score (nSPS) is 27.8. The largest absolute Gasteiger partial charge is 0.465 e. The fraction of sp³-hybridized carbons (Fsp3) is 0.278. The highest BCUT2D eigenvalue weighted by Crippen LogP contribution is 2.47. The van der Waals surface area contributed by atoms with Crippen LogP contribution in [0.4, 0.5) is 0 Å². The number of allylic oxidation sites excluding steroid dienone is 1. The molecule has 4 rings (SSSR count). The SMILES string of the molecule is O=C1OCC2C=CCC12Cc1ccc2ccccc2c1. The summed E-state index contributed by atoms with van der Waals surface area (Å²) < 4.78 is 5.29. The van der Waals surface area contributed by atoms with Crippen molar-refractivity contribution in [3.05, 3.63) is 60.2 Å². The Morgan fingerprint density at radius 3 is 2.90 bits per heavy atom. The molecule has 1 aliphatic heterocycles. The van der Waals surface area contributed by atoms with Crippen molar-refractivity contribution in [3.63, 3.8) is 0 Å². The van der Waals surface area contributed by atoms with Crippen LogP contribution in [-0.2, 0) is 16.0 Å².